The minimum Gasteiger partial charge on any atom is -0.490 e. The monoisotopic (exact) mass is 526 g/mol. The van der Waals surface area contributed by atoms with E-state index in [9.17, 15) is 9.59 Å². The second-order valence-corrected chi connectivity index (χ2v) is 11.0. The molecule has 3 aromatic carbocycles. The highest BCUT2D eigenvalue weighted by Gasteiger charge is 2.33. The highest BCUT2D eigenvalue weighted by atomic mass is 16.6. The number of rotatable bonds is 10. The third-order valence-corrected chi connectivity index (χ3v) is 5.63. The van der Waals surface area contributed by atoms with Crippen LogP contribution in [0, 0.1) is 22.2 Å². The van der Waals surface area contributed by atoms with Crippen LogP contribution in [-0.4, -0.2) is 25.1 Å². The van der Waals surface area contributed by atoms with Crippen molar-refractivity contribution in [2.24, 2.45) is 21.1 Å². The fraction of sp³-hybridized carbons (Fsp3) is 0.323. The van der Waals surface area contributed by atoms with Crippen LogP contribution < -0.4 is 10.1 Å². The molecular formula is C31H34N4O4. The van der Waals surface area contributed by atoms with E-state index in [1.54, 1.807) is 72.8 Å². The van der Waals surface area contributed by atoms with Gasteiger partial charge < -0.3 is 14.8 Å². The lowest BCUT2D eigenvalue weighted by atomic mass is 9.76. The number of hydrogen-bond donors (Lipinski definition) is 1. The molecule has 0 aliphatic rings. The average molecular weight is 527 g/mol. The van der Waals surface area contributed by atoms with E-state index in [2.05, 4.69) is 42.4 Å². The Kier molecular flexibility index (Phi) is 9.56. The number of amides is 1. The summed E-state index contributed by atoms with van der Waals surface area (Å²) >= 11 is 0. The molecule has 0 saturated carbocycles. The van der Waals surface area contributed by atoms with E-state index in [-0.39, 0.29) is 30.5 Å². The van der Waals surface area contributed by atoms with Gasteiger partial charge in [-0.05, 0) is 98.5 Å². The van der Waals surface area contributed by atoms with Crippen LogP contribution >= 0.6 is 0 Å². The summed E-state index contributed by atoms with van der Waals surface area (Å²) in [5, 5.41) is 20.0. The van der Waals surface area contributed by atoms with E-state index < -0.39 is 5.41 Å². The molecule has 8 heteroatoms. The van der Waals surface area contributed by atoms with Crippen molar-refractivity contribution in [2.45, 2.75) is 41.0 Å². The summed E-state index contributed by atoms with van der Waals surface area (Å²) in [6, 6.07) is 22.6. The molecule has 0 aliphatic heterocycles. The molecule has 0 bridgehead atoms. The first kappa shape index (κ1) is 29.1. The molecule has 3 aromatic rings. The molecular weight excluding hydrogens is 492 g/mol. The van der Waals surface area contributed by atoms with Gasteiger partial charge in [-0.2, -0.15) is 15.5 Å². The smallest absolute Gasteiger partial charge is 0.311 e. The minimum absolute atomic E-state index is 0.0244. The number of carbonyl (C=O) groups is 2. The number of nitriles is 1. The first-order valence-corrected chi connectivity index (χ1v) is 12.7. The molecule has 1 N–H and O–H groups in total. The van der Waals surface area contributed by atoms with Crippen LogP contribution in [0.3, 0.4) is 0 Å². The summed E-state index contributed by atoms with van der Waals surface area (Å²) in [4.78, 5) is 25.0. The number of anilines is 1. The van der Waals surface area contributed by atoms with Crippen molar-refractivity contribution in [1.82, 2.24) is 0 Å². The zero-order valence-electron chi connectivity index (χ0n) is 23.0. The normalized spacial score (nSPS) is 11.6. The lowest BCUT2D eigenvalue weighted by Crippen LogP contribution is -2.32. The molecule has 0 aliphatic carbocycles. The second kappa shape index (κ2) is 12.8. The van der Waals surface area contributed by atoms with Crippen LogP contribution in [0.15, 0.2) is 83.0 Å². The van der Waals surface area contributed by atoms with E-state index in [1.807, 2.05) is 13.8 Å². The van der Waals surface area contributed by atoms with E-state index in [0.29, 0.717) is 33.9 Å². The van der Waals surface area contributed by atoms with E-state index in [1.165, 1.54) is 0 Å². The molecule has 39 heavy (non-hydrogen) atoms. The second-order valence-electron chi connectivity index (χ2n) is 11.0. The van der Waals surface area contributed by atoms with Crippen molar-refractivity contribution in [1.29, 1.82) is 5.26 Å². The maximum absolute atomic E-state index is 12.6. The van der Waals surface area contributed by atoms with Gasteiger partial charge in [0.1, 0.15) is 19.0 Å². The largest absolute Gasteiger partial charge is 0.490 e. The lowest BCUT2D eigenvalue weighted by Gasteiger charge is -2.30. The van der Waals surface area contributed by atoms with Gasteiger partial charge >= 0.3 is 5.97 Å². The number of esters is 1. The maximum Gasteiger partial charge on any atom is 0.311 e. The van der Waals surface area contributed by atoms with Crippen LogP contribution in [0.25, 0.3) is 0 Å². The number of hydrogen-bond acceptors (Lipinski definition) is 7. The quantitative estimate of drug-likeness (QED) is 0.166. The van der Waals surface area contributed by atoms with E-state index in [4.69, 9.17) is 14.7 Å². The third-order valence-electron chi connectivity index (χ3n) is 5.63. The molecule has 8 nitrogen and oxygen atoms in total. The van der Waals surface area contributed by atoms with Gasteiger partial charge in [0.05, 0.1) is 28.4 Å². The molecule has 0 spiro atoms. The van der Waals surface area contributed by atoms with Crippen molar-refractivity contribution in [3.63, 3.8) is 0 Å². The molecule has 0 fully saturated rings. The topological polar surface area (TPSA) is 113 Å². The van der Waals surface area contributed by atoms with Gasteiger partial charge in [0.2, 0.25) is 0 Å². The van der Waals surface area contributed by atoms with Crippen LogP contribution in [-0.2, 0) is 9.53 Å². The fourth-order valence-electron chi connectivity index (χ4n) is 4.12. The molecule has 0 unspecified atom stereocenters. The lowest BCUT2D eigenvalue weighted by molar-refractivity contribution is -0.156. The van der Waals surface area contributed by atoms with Gasteiger partial charge in [0.25, 0.3) is 5.91 Å². The Bertz CT molecular complexity index is 1330. The van der Waals surface area contributed by atoms with Gasteiger partial charge in [-0.15, -0.1) is 0 Å². The van der Waals surface area contributed by atoms with Crippen molar-refractivity contribution >= 4 is 28.9 Å². The standard InChI is InChI=1S/C31H34N4O4/c1-30(2,3)21-31(4,5)29(37)39-19-18-38-27-16-8-23(9-17-27)28(36)33-24-12-14-26(15-13-24)35-34-25-10-6-22(20-32)7-11-25/h6-17H,18-19,21H2,1-5H3,(H,33,36)/b35-34+. The summed E-state index contributed by atoms with van der Waals surface area (Å²) in [6.07, 6.45) is 0.721. The molecule has 202 valence electrons. The van der Waals surface area contributed by atoms with Crippen molar-refractivity contribution in [3.05, 3.63) is 83.9 Å². The van der Waals surface area contributed by atoms with Crippen molar-refractivity contribution in [3.8, 4) is 11.8 Å². The Morgan fingerprint density at radius 2 is 1.38 bits per heavy atom. The minimum atomic E-state index is -0.566. The fourth-order valence-corrected chi connectivity index (χ4v) is 4.12. The summed E-state index contributed by atoms with van der Waals surface area (Å²) < 4.78 is 11.1. The predicted octanol–water partition coefficient (Wildman–Crippen LogP) is 7.61. The Balaban J connectivity index is 1.45. The maximum atomic E-state index is 12.6. The molecule has 1 amide bonds. The van der Waals surface area contributed by atoms with E-state index in [0.717, 1.165) is 6.42 Å². The van der Waals surface area contributed by atoms with Crippen LogP contribution in [0.5, 0.6) is 5.75 Å². The predicted molar refractivity (Wildman–Crippen MR) is 150 cm³/mol. The third kappa shape index (κ3) is 9.38. The first-order chi connectivity index (χ1) is 18.4. The Hall–Kier alpha value is -4.51. The van der Waals surface area contributed by atoms with Crippen LogP contribution in [0.1, 0.15) is 57.0 Å². The highest BCUT2D eigenvalue weighted by molar-refractivity contribution is 6.04. The molecule has 0 atom stereocenters. The van der Waals surface area contributed by atoms with Crippen molar-refractivity contribution < 1.29 is 19.1 Å². The Labute approximate surface area is 229 Å². The van der Waals surface area contributed by atoms with Crippen LogP contribution in [0.4, 0.5) is 17.1 Å². The van der Waals surface area contributed by atoms with Gasteiger partial charge in [0.15, 0.2) is 0 Å². The number of nitrogens with zero attached hydrogens (tertiary/aromatic N) is 3. The zero-order chi connectivity index (χ0) is 28.5. The number of ether oxygens (including phenoxy) is 2. The highest BCUT2D eigenvalue weighted by Crippen LogP contribution is 2.34. The van der Waals surface area contributed by atoms with Crippen LogP contribution in [0.2, 0.25) is 0 Å². The van der Waals surface area contributed by atoms with Crippen molar-refractivity contribution in [2.75, 3.05) is 18.5 Å². The molecule has 0 heterocycles. The summed E-state index contributed by atoms with van der Waals surface area (Å²) in [5.41, 5.74) is 2.38. The van der Waals surface area contributed by atoms with Gasteiger partial charge in [-0.3, -0.25) is 9.59 Å². The SMILES string of the molecule is CC(C)(C)CC(C)(C)C(=O)OCCOc1ccc(C(=O)Nc2ccc(/N=N/c3ccc(C#N)cc3)cc2)cc1. The first-order valence-electron chi connectivity index (χ1n) is 12.7. The van der Waals surface area contributed by atoms with Gasteiger partial charge in [0, 0.05) is 11.3 Å². The Morgan fingerprint density at radius 1 is 0.821 bits per heavy atom. The molecule has 0 radical (unpaired) electrons. The summed E-state index contributed by atoms with van der Waals surface area (Å²) in [6.45, 7) is 10.4. The van der Waals surface area contributed by atoms with Gasteiger partial charge in [-0.25, -0.2) is 0 Å². The Morgan fingerprint density at radius 3 is 1.92 bits per heavy atom. The molecule has 0 aromatic heterocycles. The van der Waals surface area contributed by atoms with E-state index >= 15 is 0 Å². The number of azo groups is 1. The summed E-state index contributed by atoms with van der Waals surface area (Å²) in [7, 11) is 0. The molecule has 0 saturated heterocycles. The zero-order valence-corrected chi connectivity index (χ0v) is 23.0. The van der Waals surface area contributed by atoms with Gasteiger partial charge in [-0.1, -0.05) is 20.8 Å². The number of benzene rings is 3. The number of nitrogens with one attached hydrogen (secondary N) is 1. The molecule has 3 rings (SSSR count). The average Bonchev–Trinajstić information content (AvgIpc) is 2.90. The number of carbonyl (C=O) groups excluding carboxylic acids is 2. The summed E-state index contributed by atoms with van der Waals surface area (Å²) in [5.74, 6) is 0.0764.